The number of carbonyl (C=O) groups is 1. The Kier molecular flexibility index (Phi) is 39.6. The van der Waals surface area contributed by atoms with Crippen LogP contribution in [0.4, 0.5) is 0 Å². The number of hydrogen-bond acceptors (Lipinski definition) is 9. The molecule has 46 heavy (non-hydrogen) atoms. The molecule has 0 aliphatic carbocycles. The fraction of sp³-hybridized carbons (Fsp3) is 0.912. The van der Waals surface area contributed by atoms with Crippen molar-refractivity contribution in [1.82, 2.24) is 0 Å². The topological polar surface area (TPSA) is 179 Å². The molecule has 11 nitrogen and oxygen atoms in total. The van der Waals surface area contributed by atoms with Gasteiger partial charge in [0.2, 0.25) is 10.4 Å². The van der Waals surface area contributed by atoms with E-state index in [4.69, 9.17) is 11.5 Å². The number of carboxylic acids is 1. The maximum absolute atomic E-state index is 10.2. The Labute approximate surface area is 284 Å². The Morgan fingerprint density at radius 3 is 1.65 bits per heavy atom. The number of hydrogen-bond donors (Lipinski definition) is 3. The molecule has 0 fully saturated rings. The number of unbranched alkanes of at least 4 members (excludes halogenated alkanes) is 8. The van der Waals surface area contributed by atoms with Crippen LogP contribution in [0.25, 0.3) is 0 Å². The number of carboxylic acid groups (broad SMARTS) is 1. The van der Waals surface area contributed by atoms with Crippen LogP contribution in [0.5, 0.6) is 0 Å². The van der Waals surface area contributed by atoms with Crippen LogP contribution in [0, 0.1) is 0 Å². The monoisotopic (exact) mass is 685 g/mol. The molecule has 5 N–H and O–H groups in total. The van der Waals surface area contributed by atoms with Crippen molar-refractivity contribution < 1.29 is 41.1 Å². The molecule has 0 saturated carbocycles. The predicted octanol–water partition coefficient (Wildman–Crippen LogP) is 4.09. The average Bonchev–Trinajstić information content (AvgIpc) is 2.98. The lowest BCUT2D eigenvalue weighted by Crippen LogP contribution is -2.40. The van der Waals surface area contributed by atoms with E-state index in [9.17, 15) is 28.0 Å². The Hall–Kier alpha value is -1.12. The second-order valence-corrected chi connectivity index (χ2v) is 14.0. The summed E-state index contributed by atoms with van der Waals surface area (Å²) in [5, 5.41) is 20.0. The molecule has 0 bridgehead atoms. The first-order valence-electron chi connectivity index (χ1n) is 17.6. The predicted molar refractivity (Wildman–Crippen MR) is 190 cm³/mol. The summed E-state index contributed by atoms with van der Waals surface area (Å²) in [5.41, 5.74) is 10.8. The molecule has 0 radical (unpaired) electrons. The molecule has 0 amide bonds. The van der Waals surface area contributed by atoms with Gasteiger partial charge < -0.3 is 40.0 Å². The van der Waals surface area contributed by atoms with Crippen LogP contribution in [-0.2, 0) is 19.4 Å². The first-order valence-corrected chi connectivity index (χ1v) is 19.0. The third kappa shape index (κ3) is 52.4. The van der Waals surface area contributed by atoms with Gasteiger partial charge in [0.15, 0.2) is 0 Å². The summed E-state index contributed by atoms with van der Waals surface area (Å²) in [7, 11) is 4.50. The fourth-order valence-corrected chi connectivity index (χ4v) is 4.15. The lowest BCUT2D eigenvalue weighted by molar-refractivity contribution is -0.888. The molecular formula is C34H76N4O7S. The molecule has 0 rings (SSSR count). The molecule has 0 aliphatic rings. The maximum Gasteiger partial charge on any atom is 0.217 e. The van der Waals surface area contributed by atoms with E-state index < -0.39 is 16.4 Å². The van der Waals surface area contributed by atoms with Gasteiger partial charge in [0.25, 0.3) is 0 Å². The van der Waals surface area contributed by atoms with Crippen molar-refractivity contribution in [3.63, 3.8) is 0 Å². The van der Waals surface area contributed by atoms with Gasteiger partial charge >= 0.3 is 0 Å². The Balaban J connectivity index is -0.000000291. The van der Waals surface area contributed by atoms with Gasteiger partial charge in [0.1, 0.15) is 0 Å². The molecule has 0 saturated heterocycles. The molecule has 1 atom stereocenters. The van der Waals surface area contributed by atoms with E-state index in [0.717, 1.165) is 92.7 Å². The fourth-order valence-electron chi connectivity index (χ4n) is 3.86. The van der Waals surface area contributed by atoms with Crippen molar-refractivity contribution in [1.29, 1.82) is 0 Å². The molecule has 0 aliphatic heterocycles. The van der Waals surface area contributed by atoms with Crippen LogP contribution in [0.3, 0.4) is 0 Å². The number of allylic oxidation sites excluding steroid dienone is 1. The quantitative estimate of drug-likeness (QED) is 0.0420. The zero-order chi connectivity index (χ0) is 36.3. The number of aliphatic hydroxyl groups is 1. The minimum Gasteiger partial charge on any atom is -0.726 e. The summed E-state index contributed by atoms with van der Waals surface area (Å²) in [6.07, 6.45) is 19.3. The van der Waals surface area contributed by atoms with Crippen LogP contribution in [0.2, 0.25) is 0 Å². The Morgan fingerprint density at radius 1 is 0.783 bits per heavy atom. The van der Waals surface area contributed by atoms with Gasteiger partial charge in [-0.3, -0.25) is 4.18 Å². The van der Waals surface area contributed by atoms with Gasteiger partial charge in [-0.25, -0.2) is 8.42 Å². The van der Waals surface area contributed by atoms with Crippen LogP contribution in [-0.4, -0.2) is 113 Å². The first kappa shape index (κ1) is 51.7. The van der Waals surface area contributed by atoms with Crippen LogP contribution in [0.15, 0.2) is 12.2 Å². The Bertz CT molecular complexity index is 759. The summed E-state index contributed by atoms with van der Waals surface area (Å²) in [5.74, 6) is -0.939. The van der Waals surface area contributed by atoms with Crippen molar-refractivity contribution >= 4 is 16.4 Å². The highest BCUT2D eigenvalue weighted by Crippen LogP contribution is 2.10. The van der Waals surface area contributed by atoms with Gasteiger partial charge in [-0.05, 0) is 72.4 Å². The smallest absolute Gasteiger partial charge is 0.217 e. The molecule has 280 valence electrons. The highest BCUT2D eigenvalue weighted by molar-refractivity contribution is 7.80. The molecule has 0 aromatic rings. The largest absolute Gasteiger partial charge is 0.726 e. The SMILES string of the molecule is CCCCCCC(O)C/C=C\CCCCCCCC(=O)[O-].CCOS(=O)(=O)[O-].CC[N+](C)(C)CCCN.CC[N+](C)(C)CCCN. The van der Waals surface area contributed by atoms with E-state index >= 15 is 0 Å². The third-order valence-electron chi connectivity index (χ3n) is 7.63. The van der Waals surface area contributed by atoms with Gasteiger partial charge in [-0.2, -0.15) is 0 Å². The summed E-state index contributed by atoms with van der Waals surface area (Å²) in [6.45, 7) is 14.4. The minimum absolute atomic E-state index is 0.0914. The zero-order valence-corrected chi connectivity index (χ0v) is 32.0. The molecule has 1 unspecified atom stereocenters. The number of quaternary nitrogens is 2. The van der Waals surface area contributed by atoms with Crippen molar-refractivity contribution in [3.05, 3.63) is 12.2 Å². The van der Waals surface area contributed by atoms with Crippen molar-refractivity contribution in [2.24, 2.45) is 11.5 Å². The van der Waals surface area contributed by atoms with E-state index in [0.29, 0.717) is 0 Å². The second kappa shape index (κ2) is 35.2. The van der Waals surface area contributed by atoms with Crippen molar-refractivity contribution in [2.75, 3.05) is 74.1 Å². The number of nitrogens with zero attached hydrogens (tertiary/aromatic N) is 2. The molecule has 0 aromatic heterocycles. The maximum atomic E-state index is 10.2. The number of carbonyl (C=O) groups excluding carboxylic acids is 1. The van der Waals surface area contributed by atoms with E-state index in [2.05, 4.69) is 65.3 Å². The number of aliphatic hydroxyl groups excluding tert-OH is 1. The van der Waals surface area contributed by atoms with E-state index in [1.165, 1.54) is 52.4 Å². The lowest BCUT2D eigenvalue weighted by atomic mass is 10.1. The Morgan fingerprint density at radius 2 is 1.26 bits per heavy atom. The van der Waals surface area contributed by atoms with Gasteiger partial charge in [0, 0.05) is 18.8 Å². The van der Waals surface area contributed by atoms with Crippen molar-refractivity contribution in [3.8, 4) is 0 Å². The first-order chi connectivity index (χ1) is 21.5. The molecular weight excluding hydrogens is 608 g/mol. The number of aliphatic carboxylic acids is 1. The average molecular weight is 685 g/mol. The van der Waals surface area contributed by atoms with Gasteiger partial charge in [-0.15, -0.1) is 0 Å². The van der Waals surface area contributed by atoms with Crippen molar-refractivity contribution in [2.45, 2.75) is 130 Å². The number of nitrogens with two attached hydrogens (primary N) is 2. The summed E-state index contributed by atoms with van der Waals surface area (Å²) in [4.78, 5) is 10.2. The van der Waals surface area contributed by atoms with Crippen LogP contribution in [0.1, 0.15) is 124 Å². The normalized spacial score (nSPS) is 12.3. The molecule has 12 heteroatoms. The van der Waals surface area contributed by atoms with Crippen LogP contribution >= 0.6 is 0 Å². The summed E-state index contributed by atoms with van der Waals surface area (Å²) < 4.78 is 34.2. The zero-order valence-electron chi connectivity index (χ0n) is 31.1. The van der Waals surface area contributed by atoms with E-state index in [1.54, 1.807) is 0 Å². The molecule has 0 aromatic carbocycles. The second-order valence-electron chi connectivity index (χ2n) is 12.9. The summed E-state index contributed by atoms with van der Waals surface area (Å²) in [6, 6.07) is 0. The lowest BCUT2D eigenvalue weighted by Gasteiger charge is -2.27. The number of rotatable bonds is 25. The van der Waals surface area contributed by atoms with Gasteiger partial charge in [-0.1, -0.05) is 64.0 Å². The molecule has 0 heterocycles. The van der Waals surface area contributed by atoms with E-state index in [1.807, 2.05) is 0 Å². The highest BCUT2D eigenvalue weighted by Gasteiger charge is 2.09. The standard InChI is InChI=1S/C18H34O3.2C7H19N2.C2H6O4S/c1-2-3-4-11-14-17(19)15-12-9-7-5-6-8-10-13-16-18(20)21;2*1-4-9(2,3)7-5-6-8;1-2-6-7(3,4)5/h9,12,17,19H,2-8,10-11,13-16H2,1H3,(H,20,21);2*4-8H2,1-3H3;2H2,1H3,(H,3,4,5)/q;2*+1;/p-2/b12-9-;;;. The minimum atomic E-state index is -4.42. The summed E-state index contributed by atoms with van der Waals surface area (Å²) >= 11 is 0. The highest BCUT2D eigenvalue weighted by atomic mass is 32.3. The third-order valence-corrected chi connectivity index (χ3v) is 8.15. The molecule has 0 spiro atoms. The van der Waals surface area contributed by atoms with Gasteiger partial charge in [0.05, 0.1) is 67.1 Å². The van der Waals surface area contributed by atoms with E-state index in [-0.39, 0.29) is 19.1 Å². The van der Waals surface area contributed by atoms with Crippen LogP contribution < -0.4 is 16.6 Å².